The molecule has 130 valence electrons. The average Bonchev–Trinajstić information content (AvgIpc) is 2.64. The predicted molar refractivity (Wildman–Crippen MR) is 98.6 cm³/mol. The smallest absolute Gasteiger partial charge is 0.357 e. The lowest BCUT2D eigenvalue weighted by molar-refractivity contribution is 0.0519. The molecule has 1 aliphatic rings. The van der Waals surface area contributed by atoms with Gasteiger partial charge < -0.3 is 9.84 Å². The number of phenolic OH excluding ortho intramolecular Hbond substituents is 1. The van der Waals surface area contributed by atoms with Gasteiger partial charge >= 0.3 is 5.97 Å². The van der Waals surface area contributed by atoms with Crippen LogP contribution in [0.25, 0.3) is 11.1 Å². The molecule has 0 fully saturated rings. The minimum Gasteiger partial charge on any atom is -0.507 e. The molecule has 3 rings (SSSR count). The third-order valence-corrected chi connectivity index (χ3v) is 4.59. The Morgan fingerprint density at radius 2 is 1.92 bits per heavy atom. The lowest BCUT2D eigenvalue weighted by Gasteiger charge is -2.23. The summed E-state index contributed by atoms with van der Waals surface area (Å²) in [5, 5.41) is 10.9. The summed E-state index contributed by atoms with van der Waals surface area (Å²) >= 11 is 6.13. The summed E-state index contributed by atoms with van der Waals surface area (Å²) in [7, 11) is 0. The van der Waals surface area contributed by atoms with E-state index in [0.717, 1.165) is 48.0 Å². The van der Waals surface area contributed by atoms with Crippen molar-refractivity contribution >= 4 is 28.7 Å². The standard InChI is InChI=1S/C20H20ClNO3/c1-2-25-20(24)19-16(8-5-11-22-19)14-6-3-4-7-15(14)17-12-13(21)9-10-18(17)23/h5,8-12,23H,2-4,6-7H2,1H3. The van der Waals surface area contributed by atoms with E-state index in [0.29, 0.717) is 17.3 Å². The number of carbonyl (C=O) groups is 1. The van der Waals surface area contributed by atoms with Crippen LogP contribution >= 0.6 is 11.6 Å². The van der Waals surface area contributed by atoms with E-state index < -0.39 is 5.97 Å². The number of benzene rings is 1. The van der Waals surface area contributed by atoms with Crippen molar-refractivity contribution in [2.75, 3.05) is 6.61 Å². The van der Waals surface area contributed by atoms with Gasteiger partial charge in [0.05, 0.1) is 6.61 Å². The van der Waals surface area contributed by atoms with E-state index >= 15 is 0 Å². The summed E-state index contributed by atoms with van der Waals surface area (Å²) in [5.41, 5.74) is 3.86. The highest BCUT2D eigenvalue weighted by Crippen LogP contribution is 2.42. The van der Waals surface area contributed by atoms with Crippen LogP contribution in [0.15, 0.2) is 36.5 Å². The minimum atomic E-state index is -0.425. The number of allylic oxidation sites excluding steroid dienone is 2. The van der Waals surface area contributed by atoms with E-state index in [1.165, 1.54) is 0 Å². The maximum Gasteiger partial charge on any atom is 0.357 e. The monoisotopic (exact) mass is 357 g/mol. The van der Waals surface area contributed by atoms with Gasteiger partial charge in [-0.25, -0.2) is 9.78 Å². The summed E-state index contributed by atoms with van der Waals surface area (Å²) in [6.07, 6.45) is 5.28. The zero-order valence-electron chi connectivity index (χ0n) is 14.1. The fourth-order valence-corrected chi connectivity index (χ4v) is 3.43. The quantitative estimate of drug-likeness (QED) is 0.773. The van der Waals surface area contributed by atoms with E-state index in [9.17, 15) is 9.90 Å². The number of pyridine rings is 1. The van der Waals surface area contributed by atoms with Crippen LogP contribution < -0.4 is 0 Å². The first-order valence-electron chi connectivity index (χ1n) is 8.45. The SMILES string of the molecule is CCOC(=O)c1ncccc1C1=C(c2cc(Cl)ccc2O)CCCC1. The molecule has 1 heterocycles. The maximum absolute atomic E-state index is 12.3. The van der Waals surface area contributed by atoms with Gasteiger partial charge in [0, 0.05) is 22.3 Å². The van der Waals surface area contributed by atoms with Crippen LogP contribution in [0.5, 0.6) is 5.75 Å². The van der Waals surface area contributed by atoms with Crippen molar-refractivity contribution in [3.8, 4) is 5.75 Å². The van der Waals surface area contributed by atoms with Gasteiger partial charge in [0.25, 0.3) is 0 Å². The Bertz CT molecular complexity index is 829. The van der Waals surface area contributed by atoms with Crippen molar-refractivity contribution in [2.45, 2.75) is 32.6 Å². The molecular formula is C20H20ClNO3. The van der Waals surface area contributed by atoms with Crippen molar-refractivity contribution in [3.05, 3.63) is 58.4 Å². The third-order valence-electron chi connectivity index (χ3n) is 4.35. The van der Waals surface area contributed by atoms with Crippen LogP contribution in [-0.4, -0.2) is 22.7 Å². The van der Waals surface area contributed by atoms with E-state index in [1.54, 1.807) is 31.3 Å². The van der Waals surface area contributed by atoms with E-state index in [4.69, 9.17) is 16.3 Å². The fourth-order valence-electron chi connectivity index (χ4n) is 3.26. The normalized spacial score (nSPS) is 14.5. The van der Waals surface area contributed by atoms with Crippen molar-refractivity contribution in [2.24, 2.45) is 0 Å². The third kappa shape index (κ3) is 3.69. The Morgan fingerprint density at radius 3 is 2.64 bits per heavy atom. The highest BCUT2D eigenvalue weighted by Gasteiger charge is 2.23. The number of phenols is 1. The topological polar surface area (TPSA) is 59.4 Å². The van der Waals surface area contributed by atoms with Crippen LogP contribution in [0.2, 0.25) is 5.02 Å². The Morgan fingerprint density at radius 1 is 1.20 bits per heavy atom. The molecule has 0 atom stereocenters. The lowest BCUT2D eigenvalue weighted by Crippen LogP contribution is -2.11. The van der Waals surface area contributed by atoms with Crippen molar-refractivity contribution in [1.29, 1.82) is 0 Å². The molecule has 25 heavy (non-hydrogen) atoms. The Balaban J connectivity index is 2.18. The molecule has 1 N–H and O–H groups in total. The number of nitrogens with zero attached hydrogens (tertiary/aromatic N) is 1. The number of aromatic nitrogens is 1. The molecule has 0 radical (unpaired) electrons. The molecule has 0 saturated heterocycles. The van der Waals surface area contributed by atoms with Gasteiger partial charge in [-0.1, -0.05) is 17.7 Å². The van der Waals surface area contributed by atoms with Crippen molar-refractivity contribution in [1.82, 2.24) is 4.98 Å². The number of halogens is 1. The molecule has 1 aliphatic carbocycles. The van der Waals surface area contributed by atoms with E-state index in [-0.39, 0.29) is 5.75 Å². The summed E-state index contributed by atoms with van der Waals surface area (Å²) in [6.45, 7) is 2.08. The van der Waals surface area contributed by atoms with Gasteiger partial charge in [0.1, 0.15) is 5.75 Å². The number of aromatic hydroxyl groups is 1. The summed E-state index contributed by atoms with van der Waals surface area (Å²) in [5.74, 6) is -0.230. The number of esters is 1. The number of hydrogen-bond acceptors (Lipinski definition) is 4. The molecule has 0 spiro atoms. The highest BCUT2D eigenvalue weighted by atomic mass is 35.5. The zero-order valence-corrected chi connectivity index (χ0v) is 14.8. The molecule has 5 heteroatoms. The first-order chi connectivity index (χ1) is 12.1. The molecule has 0 saturated carbocycles. The van der Waals surface area contributed by atoms with E-state index in [2.05, 4.69) is 4.98 Å². The Labute approximate surface area is 152 Å². The van der Waals surface area contributed by atoms with Crippen LogP contribution in [0.4, 0.5) is 0 Å². The minimum absolute atomic E-state index is 0.195. The first kappa shape index (κ1) is 17.5. The van der Waals surface area contributed by atoms with Crippen LogP contribution in [0.1, 0.15) is 54.2 Å². The van der Waals surface area contributed by atoms with Gasteiger partial charge in [-0.15, -0.1) is 0 Å². The van der Waals surface area contributed by atoms with Gasteiger partial charge in [0.2, 0.25) is 0 Å². The van der Waals surface area contributed by atoms with E-state index in [1.807, 2.05) is 12.1 Å². The fraction of sp³-hybridized carbons (Fsp3) is 0.300. The van der Waals surface area contributed by atoms with Gasteiger partial charge in [-0.05, 0) is 68.0 Å². The molecule has 1 aromatic carbocycles. The molecule has 0 bridgehead atoms. The number of carbonyl (C=O) groups excluding carboxylic acids is 1. The molecule has 2 aromatic rings. The second-order valence-electron chi connectivity index (χ2n) is 5.95. The predicted octanol–water partition coefficient (Wildman–Crippen LogP) is 5.10. The molecular weight excluding hydrogens is 338 g/mol. The first-order valence-corrected chi connectivity index (χ1v) is 8.83. The molecule has 4 nitrogen and oxygen atoms in total. The Kier molecular flexibility index (Phi) is 5.39. The highest BCUT2D eigenvalue weighted by molar-refractivity contribution is 6.30. The van der Waals surface area contributed by atoms with Crippen molar-refractivity contribution in [3.63, 3.8) is 0 Å². The van der Waals surface area contributed by atoms with Crippen LogP contribution in [0, 0.1) is 0 Å². The number of ether oxygens (including phenoxy) is 1. The number of rotatable bonds is 4. The largest absolute Gasteiger partial charge is 0.507 e. The molecule has 0 unspecified atom stereocenters. The van der Waals surface area contributed by atoms with Crippen LogP contribution in [0.3, 0.4) is 0 Å². The summed E-state index contributed by atoms with van der Waals surface area (Å²) in [4.78, 5) is 16.5. The lowest BCUT2D eigenvalue weighted by atomic mass is 9.83. The number of hydrogen-bond donors (Lipinski definition) is 1. The molecule has 0 amide bonds. The zero-order chi connectivity index (χ0) is 17.8. The van der Waals surface area contributed by atoms with Crippen LogP contribution in [-0.2, 0) is 4.74 Å². The summed E-state index contributed by atoms with van der Waals surface area (Å²) < 4.78 is 5.15. The molecule has 1 aromatic heterocycles. The van der Waals surface area contributed by atoms with Gasteiger partial charge in [0.15, 0.2) is 5.69 Å². The second-order valence-corrected chi connectivity index (χ2v) is 6.38. The second kappa shape index (κ2) is 7.70. The maximum atomic E-state index is 12.3. The Hall–Kier alpha value is -2.33. The van der Waals surface area contributed by atoms with Gasteiger partial charge in [-0.3, -0.25) is 0 Å². The summed E-state index contributed by atoms with van der Waals surface area (Å²) in [6, 6.07) is 8.75. The van der Waals surface area contributed by atoms with Crippen molar-refractivity contribution < 1.29 is 14.6 Å². The average molecular weight is 358 g/mol. The van der Waals surface area contributed by atoms with Gasteiger partial charge in [-0.2, -0.15) is 0 Å². The molecule has 0 aliphatic heterocycles.